The predicted octanol–water partition coefficient (Wildman–Crippen LogP) is 5.21. The number of carbonyl (C=O) groups is 1. The third-order valence-corrected chi connectivity index (χ3v) is 9.12. The smallest absolute Gasteiger partial charge is 0.421 e. The highest BCUT2D eigenvalue weighted by atomic mass is 35.5. The number of amides is 1. The first-order valence-corrected chi connectivity index (χ1v) is 16.0. The second kappa shape index (κ2) is 12.4. The lowest BCUT2D eigenvalue weighted by molar-refractivity contribution is -0.141. The lowest BCUT2D eigenvalue weighted by atomic mass is 9.97. The van der Waals surface area contributed by atoms with E-state index in [2.05, 4.69) is 10.1 Å². The third-order valence-electron chi connectivity index (χ3n) is 7.12. The Bertz CT molecular complexity index is 1660. The molecule has 5 rings (SSSR count). The second-order valence-electron chi connectivity index (χ2n) is 10.2. The van der Waals surface area contributed by atoms with Crippen molar-refractivity contribution in [1.82, 2.24) is 14.9 Å². The average molecular weight is 658 g/mol. The zero-order chi connectivity index (χ0) is 30.9. The van der Waals surface area contributed by atoms with Crippen molar-refractivity contribution in [3.05, 3.63) is 73.8 Å². The number of likely N-dealkylation sites (tertiary alicyclic amines) is 1. The Kier molecular flexibility index (Phi) is 8.97. The van der Waals surface area contributed by atoms with Gasteiger partial charge in [-0.2, -0.15) is 13.2 Å². The largest absolute Gasteiger partial charge is 0.748 e. The highest BCUT2D eigenvalue weighted by molar-refractivity contribution is 7.84. The number of piperidine rings is 1. The number of thiazole rings is 1. The minimum Gasteiger partial charge on any atom is -0.748 e. The van der Waals surface area contributed by atoms with Gasteiger partial charge in [0.2, 0.25) is 5.88 Å². The van der Waals surface area contributed by atoms with Gasteiger partial charge in [0.15, 0.2) is 12.7 Å². The van der Waals surface area contributed by atoms with Crippen LogP contribution in [0, 0.1) is 6.92 Å². The number of aryl methyl sites for hydroxylation is 1. The summed E-state index contributed by atoms with van der Waals surface area (Å²) in [6, 6.07) is 6.78. The van der Waals surface area contributed by atoms with Gasteiger partial charge in [0.25, 0.3) is 5.91 Å². The molecule has 0 saturated carbocycles. The van der Waals surface area contributed by atoms with Crippen LogP contribution < -0.4 is 4.74 Å². The van der Waals surface area contributed by atoms with Crippen LogP contribution in [0.25, 0.3) is 0 Å². The van der Waals surface area contributed by atoms with Crippen molar-refractivity contribution in [3.63, 3.8) is 0 Å². The molecule has 16 heteroatoms. The van der Waals surface area contributed by atoms with Gasteiger partial charge in [0.05, 0.1) is 26.6 Å². The van der Waals surface area contributed by atoms with Gasteiger partial charge in [0.1, 0.15) is 11.3 Å². The lowest BCUT2D eigenvalue weighted by Gasteiger charge is -2.31. The molecule has 230 valence electrons. The number of rotatable bonds is 8. The van der Waals surface area contributed by atoms with Crippen molar-refractivity contribution < 1.29 is 40.5 Å². The first-order chi connectivity index (χ1) is 20.3. The fourth-order valence-electron chi connectivity index (χ4n) is 5.01. The van der Waals surface area contributed by atoms with Crippen molar-refractivity contribution >= 4 is 44.7 Å². The summed E-state index contributed by atoms with van der Waals surface area (Å²) in [7, 11) is -4.54. The number of benzene rings is 1. The first-order valence-electron chi connectivity index (χ1n) is 13.1. The molecule has 0 spiro atoms. The fourth-order valence-corrected chi connectivity index (χ4v) is 6.95. The molecule has 2 aliphatic heterocycles. The number of ether oxygens (including phenoxy) is 1. The molecule has 10 nitrogen and oxygen atoms in total. The highest BCUT2D eigenvalue weighted by Gasteiger charge is 2.36. The minimum absolute atomic E-state index is 0.0649. The van der Waals surface area contributed by atoms with E-state index in [9.17, 15) is 30.9 Å². The van der Waals surface area contributed by atoms with E-state index in [0.717, 1.165) is 11.1 Å². The molecule has 43 heavy (non-hydrogen) atoms. The summed E-state index contributed by atoms with van der Waals surface area (Å²) in [5, 5.41) is 7.10. The van der Waals surface area contributed by atoms with Crippen LogP contribution in [0.3, 0.4) is 0 Å². The maximum atomic E-state index is 13.3. The van der Waals surface area contributed by atoms with Gasteiger partial charge >= 0.3 is 6.18 Å². The Labute approximate surface area is 254 Å². The topological polar surface area (TPSA) is 134 Å². The molecule has 0 N–H and O–H groups in total. The average Bonchev–Trinajstić information content (AvgIpc) is 3.61. The molecule has 1 amide bonds. The van der Waals surface area contributed by atoms with Gasteiger partial charge in [-0.1, -0.05) is 28.9 Å². The van der Waals surface area contributed by atoms with Crippen LogP contribution in [0.5, 0.6) is 5.88 Å². The number of aromatic nitrogens is 2. The second-order valence-corrected chi connectivity index (χ2v) is 12.9. The number of alkyl halides is 3. The number of nitrogens with zero attached hydrogens (tertiary/aromatic N) is 4. The van der Waals surface area contributed by atoms with Gasteiger partial charge in [-0.25, -0.2) is 18.4 Å². The van der Waals surface area contributed by atoms with E-state index >= 15 is 0 Å². The summed E-state index contributed by atoms with van der Waals surface area (Å²) < 4.78 is 79.2. The van der Waals surface area contributed by atoms with Crippen LogP contribution in [0.2, 0.25) is 5.02 Å². The van der Waals surface area contributed by atoms with Crippen LogP contribution in [-0.2, 0) is 31.7 Å². The Morgan fingerprint density at radius 3 is 2.65 bits per heavy atom. The van der Waals surface area contributed by atoms with E-state index in [1.54, 1.807) is 17.0 Å². The van der Waals surface area contributed by atoms with Gasteiger partial charge in [0, 0.05) is 47.1 Å². The van der Waals surface area contributed by atoms with Crippen molar-refractivity contribution in [3.8, 4) is 5.88 Å². The molecular weight excluding hydrogens is 633 g/mol. The van der Waals surface area contributed by atoms with E-state index in [0.29, 0.717) is 48.6 Å². The molecule has 1 atom stereocenters. The molecule has 2 aromatic heterocycles. The summed E-state index contributed by atoms with van der Waals surface area (Å²) in [6.07, 6.45) is -3.85. The van der Waals surface area contributed by atoms with E-state index in [-0.39, 0.29) is 22.9 Å². The summed E-state index contributed by atoms with van der Waals surface area (Å²) in [5.74, 6) is -1.70. The fraction of sp³-hybridized carbons (Fsp3) is 0.407. The zero-order valence-corrected chi connectivity index (χ0v) is 25.0. The van der Waals surface area contributed by atoms with Crippen LogP contribution in [0.1, 0.15) is 64.4 Å². The molecule has 2 aliphatic rings. The van der Waals surface area contributed by atoms with Crippen molar-refractivity contribution in [2.45, 2.75) is 50.1 Å². The van der Waals surface area contributed by atoms with Crippen molar-refractivity contribution in [1.29, 1.82) is 0 Å². The number of oxime groups is 1. The number of carbonyl (C=O) groups excluding carboxylic acids is 1. The molecular formula is C27H25ClF3N4O6S2-. The Morgan fingerprint density at radius 1 is 1.21 bits per heavy atom. The van der Waals surface area contributed by atoms with Gasteiger partial charge in [-0.15, -0.1) is 11.3 Å². The van der Waals surface area contributed by atoms with Crippen LogP contribution in [0.4, 0.5) is 13.2 Å². The third kappa shape index (κ3) is 7.45. The number of hydrogen-bond acceptors (Lipinski definition) is 10. The van der Waals surface area contributed by atoms with E-state index in [1.807, 2.05) is 5.38 Å². The standard InChI is InChI=1S/C27H26ClF3N4O6S2/c1-15-5-6-18(27(29,30)31)25(32-15)40-12-23(36)35-9-7-16(8-10-35)26-33-21(13-42-26)20-11-22(41-34-20)24-17(14-43(37,38)39)3-2-4-19(24)28/h2-6,13,16,22H,7-12,14H2,1H3,(H,37,38,39)/p-1. The SMILES string of the molecule is Cc1ccc(C(F)(F)F)c(OCC(=O)N2CCC(c3nc(C4=NOC(c5c(Cl)cccc5CS(=O)(=O)[O-])C4)cs3)CC2)n1. The van der Waals surface area contributed by atoms with E-state index < -0.39 is 52.1 Å². The van der Waals surface area contributed by atoms with Crippen LogP contribution in [0.15, 0.2) is 40.9 Å². The summed E-state index contributed by atoms with van der Waals surface area (Å²) in [6.45, 7) is 1.76. The van der Waals surface area contributed by atoms with Gasteiger partial charge in [-0.05, 0) is 43.5 Å². The summed E-state index contributed by atoms with van der Waals surface area (Å²) >= 11 is 7.77. The monoisotopic (exact) mass is 657 g/mol. The molecule has 3 aromatic rings. The lowest BCUT2D eigenvalue weighted by Crippen LogP contribution is -2.40. The minimum atomic E-state index is -4.65. The molecule has 1 unspecified atom stereocenters. The summed E-state index contributed by atoms with van der Waals surface area (Å²) in [5.41, 5.74) is 1.11. The van der Waals surface area contributed by atoms with E-state index in [1.165, 1.54) is 30.4 Å². The molecule has 0 bridgehead atoms. The number of hydrogen-bond donors (Lipinski definition) is 0. The Hall–Kier alpha value is -3.27. The van der Waals surface area contributed by atoms with E-state index in [4.69, 9.17) is 26.2 Å². The Morgan fingerprint density at radius 2 is 1.95 bits per heavy atom. The highest BCUT2D eigenvalue weighted by Crippen LogP contribution is 2.38. The predicted molar refractivity (Wildman–Crippen MR) is 150 cm³/mol. The maximum Gasteiger partial charge on any atom is 0.421 e. The zero-order valence-electron chi connectivity index (χ0n) is 22.6. The molecule has 4 heterocycles. The molecule has 1 saturated heterocycles. The quantitative estimate of drug-likeness (QED) is 0.301. The van der Waals surface area contributed by atoms with Gasteiger partial charge < -0.3 is 19.0 Å². The van der Waals surface area contributed by atoms with Crippen molar-refractivity contribution in [2.24, 2.45) is 5.16 Å². The molecule has 1 fully saturated rings. The first kappa shape index (κ1) is 31.2. The van der Waals surface area contributed by atoms with Gasteiger partial charge in [-0.3, -0.25) is 4.79 Å². The van der Waals surface area contributed by atoms with Crippen LogP contribution in [-0.4, -0.2) is 59.2 Å². The number of halogens is 4. The Balaban J connectivity index is 1.17. The molecule has 1 aromatic carbocycles. The normalized spacial score (nSPS) is 18.0. The summed E-state index contributed by atoms with van der Waals surface area (Å²) in [4.78, 5) is 28.4. The molecule has 0 radical (unpaired) electrons. The number of pyridine rings is 1. The van der Waals surface area contributed by atoms with Crippen molar-refractivity contribution in [2.75, 3.05) is 19.7 Å². The maximum absolute atomic E-state index is 13.3. The van der Waals surface area contributed by atoms with Crippen LogP contribution >= 0.6 is 22.9 Å². The molecule has 0 aliphatic carbocycles.